The van der Waals surface area contributed by atoms with Gasteiger partial charge in [0.25, 0.3) is 0 Å². The minimum Gasteiger partial charge on any atom is -0.385 e. The number of amides is 1. The lowest BCUT2D eigenvalue weighted by molar-refractivity contribution is -0.124. The standard InChI is InChI=1S/C13H26N2O2/c1-10(2)11(14)12(16)15-9-13(5-4-6-13)7-8-17-3/h10-11H,4-9,14H2,1-3H3,(H,15,16)/t11-/m0/s1. The Morgan fingerprint density at radius 2 is 2.12 bits per heavy atom. The van der Waals surface area contributed by atoms with Crippen LogP contribution in [0.1, 0.15) is 39.5 Å². The first-order chi connectivity index (χ1) is 8.01. The number of nitrogens with one attached hydrogen (secondary N) is 1. The molecule has 1 amide bonds. The quantitative estimate of drug-likeness (QED) is 0.707. The second-order valence-corrected chi connectivity index (χ2v) is 5.58. The first kappa shape index (κ1) is 14.5. The van der Waals surface area contributed by atoms with Crippen LogP contribution in [-0.4, -0.2) is 32.2 Å². The van der Waals surface area contributed by atoms with Crippen LogP contribution in [-0.2, 0) is 9.53 Å². The van der Waals surface area contributed by atoms with Crippen molar-refractivity contribution in [1.29, 1.82) is 0 Å². The molecule has 0 aliphatic heterocycles. The van der Waals surface area contributed by atoms with Crippen LogP contribution in [0, 0.1) is 11.3 Å². The van der Waals surface area contributed by atoms with Crippen molar-refractivity contribution in [1.82, 2.24) is 5.32 Å². The molecule has 1 aliphatic carbocycles. The number of hydrogen-bond acceptors (Lipinski definition) is 3. The maximum Gasteiger partial charge on any atom is 0.237 e. The maximum absolute atomic E-state index is 11.8. The summed E-state index contributed by atoms with van der Waals surface area (Å²) in [6.07, 6.45) is 4.66. The number of carbonyl (C=O) groups is 1. The molecule has 0 aromatic rings. The van der Waals surface area contributed by atoms with Gasteiger partial charge in [-0.2, -0.15) is 0 Å². The van der Waals surface area contributed by atoms with E-state index in [1.54, 1.807) is 7.11 Å². The van der Waals surface area contributed by atoms with Gasteiger partial charge in [0, 0.05) is 20.3 Å². The molecule has 1 saturated carbocycles. The largest absolute Gasteiger partial charge is 0.385 e. The molecule has 1 fully saturated rings. The fourth-order valence-electron chi connectivity index (χ4n) is 2.21. The zero-order valence-corrected chi connectivity index (χ0v) is 11.3. The highest BCUT2D eigenvalue weighted by Crippen LogP contribution is 2.43. The number of nitrogens with two attached hydrogens (primary N) is 1. The molecule has 1 aliphatic rings. The number of ether oxygens (including phenoxy) is 1. The Bertz CT molecular complexity index is 250. The van der Waals surface area contributed by atoms with Crippen LogP contribution in [0.2, 0.25) is 0 Å². The Morgan fingerprint density at radius 1 is 1.47 bits per heavy atom. The monoisotopic (exact) mass is 242 g/mol. The van der Waals surface area contributed by atoms with Crippen LogP contribution in [0.25, 0.3) is 0 Å². The van der Waals surface area contributed by atoms with E-state index in [-0.39, 0.29) is 17.2 Å². The zero-order valence-electron chi connectivity index (χ0n) is 11.3. The van der Waals surface area contributed by atoms with Gasteiger partial charge in [0.1, 0.15) is 0 Å². The van der Waals surface area contributed by atoms with Crippen molar-refractivity contribution in [3.63, 3.8) is 0 Å². The van der Waals surface area contributed by atoms with Gasteiger partial charge < -0.3 is 15.8 Å². The molecule has 3 N–H and O–H groups in total. The SMILES string of the molecule is COCCC1(CNC(=O)[C@@H](N)C(C)C)CCC1. The number of methoxy groups -OCH3 is 1. The summed E-state index contributed by atoms with van der Waals surface area (Å²) in [6, 6.07) is -0.394. The number of hydrogen-bond donors (Lipinski definition) is 2. The van der Waals surface area contributed by atoms with E-state index < -0.39 is 6.04 Å². The molecule has 0 bridgehead atoms. The van der Waals surface area contributed by atoms with Crippen molar-refractivity contribution < 1.29 is 9.53 Å². The van der Waals surface area contributed by atoms with Gasteiger partial charge in [0.05, 0.1) is 6.04 Å². The molecule has 1 rings (SSSR count). The van der Waals surface area contributed by atoms with Gasteiger partial charge in [-0.25, -0.2) is 0 Å². The molecule has 1 atom stereocenters. The maximum atomic E-state index is 11.8. The summed E-state index contributed by atoms with van der Waals surface area (Å²) in [5, 5.41) is 3.00. The van der Waals surface area contributed by atoms with Crippen LogP contribution in [0.4, 0.5) is 0 Å². The normalized spacial score (nSPS) is 19.8. The second kappa shape index (κ2) is 6.36. The van der Waals surface area contributed by atoms with Gasteiger partial charge in [-0.1, -0.05) is 20.3 Å². The first-order valence-electron chi connectivity index (χ1n) is 6.53. The van der Waals surface area contributed by atoms with Gasteiger partial charge in [-0.15, -0.1) is 0 Å². The van der Waals surface area contributed by atoms with Gasteiger partial charge in [0.15, 0.2) is 0 Å². The summed E-state index contributed by atoms with van der Waals surface area (Å²) in [7, 11) is 1.72. The van der Waals surface area contributed by atoms with Gasteiger partial charge in [0.2, 0.25) is 5.91 Å². The summed E-state index contributed by atoms with van der Waals surface area (Å²) >= 11 is 0. The smallest absolute Gasteiger partial charge is 0.237 e. The van der Waals surface area contributed by atoms with E-state index >= 15 is 0 Å². The molecule has 0 aromatic carbocycles. The summed E-state index contributed by atoms with van der Waals surface area (Å²) in [5.74, 6) is 0.162. The van der Waals surface area contributed by atoms with Crippen molar-refractivity contribution in [2.75, 3.05) is 20.3 Å². The molecular weight excluding hydrogens is 216 g/mol. The lowest BCUT2D eigenvalue weighted by Gasteiger charge is -2.42. The third-order valence-electron chi connectivity index (χ3n) is 3.91. The Hall–Kier alpha value is -0.610. The van der Waals surface area contributed by atoms with Gasteiger partial charge >= 0.3 is 0 Å². The molecule has 4 heteroatoms. The Labute approximate surface area is 104 Å². The van der Waals surface area contributed by atoms with Crippen LogP contribution in [0.15, 0.2) is 0 Å². The predicted octanol–water partition coefficient (Wildman–Crippen LogP) is 1.29. The summed E-state index contributed by atoms with van der Waals surface area (Å²) < 4.78 is 5.13. The summed E-state index contributed by atoms with van der Waals surface area (Å²) in [6.45, 7) is 5.45. The number of carbonyl (C=O) groups excluding carboxylic acids is 1. The van der Waals surface area contributed by atoms with Crippen molar-refractivity contribution in [3.8, 4) is 0 Å². The minimum absolute atomic E-state index is 0.0244. The lowest BCUT2D eigenvalue weighted by Crippen LogP contribution is -2.49. The van der Waals surface area contributed by atoms with E-state index in [1.165, 1.54) is 19.3 Å². The Balaban J connectivity index is 2.35. The zero-order chi connectivity index (χ0) is 12.9. The minimum atomic E-state index is -0.394. The highest BCUT2D eigenvalue weighted by atomic mass is 16.5. The first-order valence-corrected chi connectivity index (χ1v) is 6.53. The highest BCUT2D eigenvalue weighted by molar-refractivity contribution is 5.81. The molecule has 0 saturated heterocycles. The number of rotatable bonds is 7. The van der Waals surface area contributed by atoms with Gasteiger partial charge in [-0.05, 0) is 30.6 Å². The molecule has 0 unspecified atom stereocenters. The highest BCUT2D eigenvalue weighted by Gasteiger charge is 2.37. The van der Waals surface area contributed by atoms with E-state index in [0.29, 0.717) is 0 Å². The topological polar surface area (TPSA) is 64.3 Å². The average Bonchev–Trinajstić information content (AvgIpc) is 2.25. The molecule has 4 nitrogen and oxygen atoms in total. The Morgan fingerprint density at radius 3 is 2.53 bits per heavy atom. The molecule has 0 heterocycles. The molecule has 17 heavy (non-hydrogen) atoms. The van der Waals surface area contributed by atoms with Gasteiger partial charge in [-0.3, -0.25) is 4.79 Å². The van der Waals surface area contributed by atoms with E-state index in [9.17, 15) is 4.79 Å². The van der Waals surface area contributed by atoms with Crippen LogP contribution in [0.3, 0.4) is 0 Å². The fraction of sp³-hybridized carbons (Fsp3) is 0.923. The third-order valence-corrected chi connectivity index (χ3v) is 3.91. The van der Waals surface area contributed by atoms with Crippen LogP contribution in [0.5, 0.6) is 0 Å². The van der Waals surface area contributed by atoms with Crippen LogP contribution < -0.4 is 11.1 Å². The second-order valence-electron chi connectivity index (χ2n) is 5.58. The van der Waals surface area contributed by atoms with E-state index in [2.05, 4.69) is 5.32 Å². The Kier molecular flexibility index (Phi) is 5.40. The average molecular weight is 242 g/mol. The molecule has 0 spiro atoms. The van der Waals surface area contributed by atoms with E-state index in [1.807, 2.05) is 13.8 Å². The third kappa shape index (κ3) is 3.96. The van der Waals surface area contributed by atoms with Crippen molar-refractivity contribution in [2.45, 2.75) is 45.6 Å². The van der Waals surface area contributed by atoms with Crippen molar-refractivity contribution in [3.05, 3.63) is 0 Å². The summed E-state index contributed by atoms with van der Waals surface area (Å²) in [5.41, 5.74) is 6.08. The summed E-state index contributed by atoms with van der Waals surface area (Å²) in [4.78, 5) is 11.8. The molecule has 0 radical (unpaired) electrons. The van der Waals surface area contributed by atoms with Crippen LogP contribution >= 0.6 is 0 Å². The van der Waals surface area contributed by atoms with Crippen molar-refractivity contribution in [2.24, 2.45) is 17.1 Å². The van der Waals surface area contributed by atoms with Crippen molar-refractivity contribution >= 4 is 5.91 Å². The van der Waals surface area contributed by atoms with E-state index in [4.69, 9.17) is 10.5 Å². The fourth-order valence-corrected chi connectivity index (χ4v) is 2.21. The molecule has 100 valence electrons. The predicted molar refractivity (Wildman–Crippen MR) is 68.6 cm³/mol. The molecule has 0 aromatic heterocycles. The van der Waals surface area contributed by atoms with E-state index in [0.717, 1.165) is 19.6 Å². The molecular formula is C13H26N2O2. The lowest BCUT2D eigenvalue weighted by atomic mass is 9.66.